The number of carbonyl (C=O) groups is 3. The second kappa shape index (κ2) is 9.46. The number of anilines is 1. The average molecular weight is 342 g/mol. The molecule has 0 saturated heterocycles. The molecule has 2 amide bonds. The van der Waals surface area contributed by atoms with Crippen LogP contribution in [0.4, 0.5) is 14.9 Å². The number of rotatable bonds is 8. The fraction of sp³-hybridized carbons (Fsp3) is 0.400. The van der Waals surface area contributed by atoms with E-state index in [0.29, 0.717) is 5.69 Å². The van der Waals surface area contributed by atoms with Crippen LogP contribution in [0.2, 0.25) is 0 Å². The summed E-state index contributed by atoms with van der Waals surface area (Å²) in [7, 11) is 0. The maximum absolute atomic E-state index is 12.5. The van der Waals surface area contributed by atoms with Gasteiger partial charge in [-0.3, -0.25) is 14.9 Å². The first kappa shape index (κ1) is 19.4. The summed E-state index contributed by atoms with van der Waals surface area (Å²) >= 11 is 0. The van der Waals surface area contributed by atoms with E-state index in [0.717, 1.165) is 0 Å². The van der Waals surface area contributed by atoms with Crippen LogP contribution in [0.5, 0.6) is 0 Å². The zero-order chi connectivity index (χ0) is 18.1. The number of benzene rings is 1. The van der Waals surface area contributed by atoms with Crippen LogP contribution in [0.15, 0.2) is 30.3 Å². The van der Waals surface area contributed by atoms with E-state index in [4.69, 9.17) is 9.84 Å². The summed E-state index contributed by atoms with van der Waals surface area (Å²) in [5.41, 5.74) is 0.465. The summed E-state index contributed by atoms with van der Waals surface area (Å²) < 4.78 is 17.4. The van der Waals surface area contributed by atoms with Gasteiger partial charge in [0, 0.05) is 5.69 Å². The van der Waals surface area contributed by atoms with Crippen molar-refractivity contribution in [3.8, 4) is 0 Å². The lowest BCUT2D eigenvalue weighted by molar-refractivity contribution is -0.139. The third kappa shape index (κ3) is 6.61. The zero-order valence-corrected chi connectivity index (χ0v) is 12.9. The number of halogens is 1. The minimum absolute atomic E-state index is 0.465. The number of hydrogen-bond acceptors (Lipinski definition) is 5. The minimum Gasteiger partial charge on any atom is -0.481 e. The highest BCUT2D eigenvalue weighted by molar-refractivity contribution is 5.88. The van der Waals surface area contributed by atoms with E-state index in [2.05, 4.69) is 10.6 Å². The number of para-hydroxylation sites is 1. The van der Waals surface area contributed by atoms with E-state index in [1.807, 2.05) is 0 Å². The molecule has 9 heteroatoms. The lowest BCUT2D eigenvalue weighted by Gasteiger charge is -2.22. The summed E-state index contributed by atoms with van der Waals surface area (Å²) in [4.78, 5) is 34.2. The number of aliphatic hydroxyl groups excluding tert-OH is 1. The van der Waals surface area contributed by atoms with Crippen LogP contribution < -0.4 is 10.6 Å². The van der Waals surface area contributed by atoms with Gasteiger partial charge in [0.2, 0.25) is 0 Å². The van der Waals surface area contributed by atoms with Gasteiger partial charge in [-0.1, -0.05) is 18.2 Å². The molecule has 0 fully saturated rings. The Balaban J connectivity index is 2.55. The largest absolute Gasteiger partial charge is 0.481 e. The number of carboxylic acid groups (broad SMARTS) is 1. The zero-order valence-electron chi connectivity index (χ0n) is 12.9. The molecule has 0 spiro atoms. The molecule has 0 bridgehead atoms. The van der Waals surface area contributed by atoms with Crippen LogP contribution in [0, 0.1) is 0 Å². The Kier molecular flexibility index (Phi) is 7.63. The Morgan fingerprint density at radius 3 is 2.42 bits per heavy atom. The van der Waals surface area contributed by atoms with Gasteiger partial charge in [0.15, 0.2) is 6.10 Å². The van der Waals surface area contributed by atoms with Crippen LogP contribution in [0.1, 0.15) is 13.3 Å². The highest BCUT2D eigenvalue weighted by atomic mass is 19.1. The van der Waals surface area contributed by atoms with Gasteiger partial charge in [-0.2, -0.15) is 0 Å². The van der Waals surface area contributed by atoms with E-state index in [-0.39, 0.29) is 0 Å². The van der Waals surface area contributed by atoms with Gasteiger partial charge in [-0.05, 0) is 19.1 Å². The van der Waals surface area contributed by atoms with Crippen molar-refractivity contribution >= 4 is 23.7 Å². The molecule has 0 heterocycles. The number of nitrogens with one attached hydrogen (secondary N) is 2. The number of carbonyl (C=O) groups excluding carboxylic acids is 2. The predicted octanol–water partition coefficient (Wildman–Crippen LogP) is 0.913. The van der Waals surface area contributed by atoms with Crippen LogP contribution in [0.3, 0.4) is 0 Å². The lowest BCUT2D eigenvalue weighted by atomic mass is 10.1. The maximum Gasteiger partial charge on any atom is 0.412 e. The topological polar surface area (TPSA) is 125 Å². The molecular formula is C15H19FN2O6. The molecule has 4 N–H and O–H groups in total. The minimum atomic E-state index is -1.67. The van der Waals surface area contributed by atoms with E-state index in [9.17, 15) is 23.9 Å². The van der Waals surface area contributed by atoms with Gasteiger partial charge in [0.05, 0.1) is 12.5 Å². The summed E-state index contributed by atoms with van der Waals surface area (Å²) in [5.74, 6) is -2.17. The van der Waals surface area contributed by atoms with E-state index in [1.54, 1.807) is 30.3 Å². The second-order valence-corrected chi connectivity index (χ2v) is 4.97. The first-order valence-electron chi connectivity index (χ1n) is 7.12. The first-order chi connectivity index (χ1) is 11.3. The van der Waals surface area contributed by atoms with Gasteiger partial charge < -0.3 is 20.3 Å². The molecule has 8 nitrogen and oxygen atoms in total. The lowest BCUT2D eigenvalue weighted by Crippen LogP contribution is -2.49. The van der Waals surface area contributed by atoms with Crippen molar-refractivity contribution in [2.45, 2.75) is 31.6 Å². The fourth-order valence-corrected chi connectivity index (χ4v) is 1.76. The van der Waals surface area contributed by atoms with E-state index < -0.39 is 49.3 Å². The van der Waals surface area contributed by atoms with E-state index in [1.165, 1.54) is 6.92 Å². The van der Waals surface area contributed by atoms with Crippen LogP contribution >= 0.6 is 0 Å². The van der Waals surface area contributed by atoms with Gasteiger partial charge in [-0.25, -0.2) is 9.18 Å². The molecule has 1 rings (SSSR count). The molecule has 0 aliphatic heterocycles. The Bertz CT molecular complexity index is 568. The van der Waals surface area contributed by atoms with Crippen LogP contribution in [-0.4, -0.2) is 53.1 Å². The van der Waals surface area contributed by atoms with E-state index >= 15 is 0 Å². The normalized spacial score (nSPS) is 14.1. The number of amides is 2. The summed E-state index contributed by atoms with van der Waals surface area (Å²) in [6, 6.07) is 7.05. The molecule has 0 aromatic heterocycles. The average Bonchev–Trinajstić information content (AvgIpc) is 2.53. The third-order valence-electron chi connectivity index (χ3n) is 3.02. The number of hydrogen-bond donors (Lipinski definition) is 4. The molecule has 0 saturated carbocycles. The predicted molar refractivity (Wildman–Crippen MR) is 82.2 cm³/mol. The van der Waals surface area contributed by atoms with Gasteiger partial charge in [0.25, 0.3) is 5.91 Å². The molecule has 0 aliphatic rings. The molecule has 0 aliphatic carbocycles. The third-order valence-corrected chi connectivity index (χ3v) is 3.02. The van der Waals surface area contributed by atoms with Crippen molar-refractivity contribution < 1.29 is 33.7 Å². The van der Waals surface area contributed by atoms with Crippen molar-refractivity contribution in [2.75, 3.05) is 12.0 Å². The quantitative estimate of drug-likeness (QED) is 0.557. The van der Waals surface area contributed by atoms with Crippen molar-refractivity contribution in [1.29, 1.82) is 0 Å². The number of ether oxygens (including phenoxy) is 1. The Morgan fingerprint density at radius 2 is 1.88 bits per heavy atom. The number of aliphatic hydroxyl groups is 1. The Labute approximate surface area is 137 Å². The molecule has 24 heavy (non-hydrogen) atoms. The molecular weight excluding hydrogens is 323 g/mol. The molecule has 132 valence electrons. The van der Waals surface area contributed by atoms with Crippen molar-refractivity contribution in [3.63, 3.8) is 0 Å². The highest BCUT2D eigenvalue weighted by Crippen LogP contribution is 2.07. The highest BCUT2D eigenvalue weighted by Gasteiger charge is 2.27. The Morgan fingerprint density at radius 1 is 1.25 bits per heavy atom. The Hall–Kier alpha value is -2.68. The second-order valence-electron chi connectivity index (χ2n) is 4.97. The summed E-state index contributed by atoms with van der Waals surface area (Å²) in [6.07, 6.45) is -4.49. The van der Waals surface area contributed by atoms with Crippen molar-refractivity contribution in [2.24, 2.45) is 0 Å². The van der Waals surface area contributed by atoms with Gasteiger partial charge in [0.1, 0.15) is 12.8 Å². The monoisotopic (exact) mass is 342 g/mol. The molecule has 3 unspecified atom stereocenters. The molecule has 3 atom stereocenters. The number of aliphatic carboxylic acids is 1. The van der Waals surface area contributed by atoms with Crippen LogP contribution in [0.25, 0.3) is 0 Å². The smallest absolute Gasteiger partial charge is 0.412 e. The maximum atomic E-state index is 12.5. The van der Waals surface area contributed by atoms with Gasteiger partial charge >= 0.3 is 12.1 Å². The molecule has 1 aromatic carbocycles. The molecule has 1 aromatic rings. The van der Waals surface area contributed by atoms with Gasteiger partial charge in [-0.15, -0.1) is 0 Å². The summed E-state index contributed by atoms with van der Waals surface area (Å²) in [6.45, 7) is 0.0432. The first-order valence-corrected chi connectivity index (χ1v) is 7.12. The number of carboxylic acids is 1. The fourth-order valence-electron chi connectivity index (χ4n) is 1.76. The number of alkyl halides is 1. The van der Waals surface area contributed by atoms with Crippen LogP contribution in [-0.2, 0) is 14.3 Å². The molecule has 0 radical (unpaired) electrons. The van der Waals surface area contributed by atoms with Crippen molar-refractivity contribution in [1.82, 2.24) is 5.32 Å². The standard InChI is InChI=1S/C15H19FN2O6/c1-9(24-15(23)17-10-5-3-2-4-6-10)14(22)18-11(7-13(20)21)12(19)8-16/h2-6,9,11-12,19H,7-8H2,1H3,(H,17,23)(H,18,22)(H,20,21). The SMILES string of the molecule is CC(OC(=O)Nc1ccccc1)C(=O)NC(CC(=O)O)C(O)CF. The summed E-state index contributed by atoms with van der Waals surface area (Å²) in [5, 5.41) is 22.7. The van der Waals surface area contributed by atoms with Crippen molar-refractivity contribution in [3.05, 3.63) is 30.3 Å².